The Morgan fingerprint density at radius 2 is 1.96 bits per heavy atom. The number of ether oxygens (including phenoxy) is 2. The zero-order chi connectivity index (χ0) is 18.2. The van der Waals surface area contributed by atoms with E-state index >= 15 is 0 Å². The van der Waals surface area contributed by atoms with Crippen LogP contribution < -0.4 is 15.4 Å². The van der Waals surface area contributed by atoms with Crippen molar-refractivity contribution >= 4 is 29.2 Å². The maximum absolute atomic E-state index is 12.0. The van der Waals surface area contributed by atoms with Gasteiger partial charge in [-0.25, -0.2) is 4.79 Å². The quantitative estimate of drug-likeness (QED) is 0.775. The predicted octanol–water partition coefficient (Wildman–Crippen LogP) is 1.84. The van der Waals surface area contributed by atoms with Gasteiger partial charge in [-0.3, -0.25) is 14.6 Å². The number of nitrogens with zero attached hydrogens (tertiary/aromatic N) is 1. The number of carbonyl (C=O) groups excluding carboxylic acids is 3. The van der Waals surface area contributed by atoms with Gasteiger partial charge in [0.05, 0.1) is 18.4 Å². The molecule has 2 rings (SSSR count). The normalized spacial score (nSPS) is 9.84. The van der Waals surface area contributed by atoms with Gasteiger partial charge in [-0.05, 0) is 30.3 Å². The van der Waals surface area contributed by atoms with Crippen LogP contribution in [-0.2, 0) is 14.3 Å². The predicted molar refractivity (Wildman–Crippen MR) is 90.4 cm³/mol. The Bertz CT molecular complexity index is 777. The highest BCUT2D eigenvalue weighted by atomic mass is 16.5. The molecule has 0 aliphatic rings. The topological polar surface area (TPSA) is 107 Å². The van der Waals surface area contributed by atoms with Gasteiger partial charge in [0.2, 0.25) is 5.91 Å². The minimum atomic E-state index is -0.651. The van der Waals surface area contributed by atoms with E-state index in [4.69, 9.17) is 9.47 Å². The molecule has 2 amide bonds. The van der Waals surface area contributed by atoms with Crippen molar-refractivity contribution in [3.05, 3.63) is 48.3 Å². The molecule has 1 aromatic heterocycles. The molecule has 0 unspecified atom stereocenters. The molecule has 0 aliphatic carbocycles. The second-order valence-electron chi connectivity index (χ2n) is 4.96. The molecule has 2 aromatic rings. The summed E-state index contributed by atoms with van der Waals surface area (Å²) in [5.74, 6) is -1.04. The number of esters is 1. The summed E-state index contributed by atoms with van der Waals surface area (Å²) in [4.78, 5) is 38.7. The van der Waals surface area contributed by atoms with Gasteiger partial charge in [0.1, 0.15) is 5.75 Å². The van der Waals surface area contributed by atoms with Crippen molar-refractivity contribution in [1.82, 2.24) is 4.98 Å². The summed E-state index contributed by atoms with van der Waals surface area (Å²) in [6, 6.07) is 7.91. The van der Waals surface area contributed by atoms with Crippen molar-refractivity contribution < 1.29 is 23.9 Å². The molecule has 0 saturated heterocycles. The number of hydrogen-bond acceptors (Lipinski definition) is 6. The number of benzene rings is 1. The lowest BCUT2D eigenvalue weighted by Crippen LogP contribution is -2.21. The molecule has 0 saturated carbocycles. The summed E-state index contributed by atoms with van der Waals surface area (Å²) < 4.78 is 10.1. The van der Waals surface area contributed by atoms with E-state index in [0.717, 1.165) is 0 Å². The smallest absolute Gasteiger partial charge is 0.340 e. The number of pyridine rings is 1. The minimum absolute atomic E-state index is 0.243. The van der Waals surface area contributed by atoms with Gasteiger partial charge in [-0.1, -0.05) is 0 Å². The molecule has 2 N–H and O–H groups in total. The molecule has 130 valence electrons. The number of hydrogen-bond donors (Lipinski definition) is 2. The molecule has 0 aliphatic heterocycles. The third-order valence-electron chi connectivity index (χ3n) is 3.03. The average Bonchev–Trinajstić information content (AvgIpc) is 2.60. The summed E-state index contributed by atoms with van der Waals surface area (Å²) in [5.41, 5.74) is 1.09. The number of rotatable bonds is 6. The van der Waals surface area contributed by atoms with E-state index in [-0.39, 0.29) is 11.5 Å². The van der Waals surface area contributed by atoms with Crippen molar-refractivity contribution in [2.24, 2.45) is 0 Å². The number of anilines is 2. The standard InChI is InChI=1S/C17H17N3O5/c1-11(21)19-13-5-6-15(24-2)14(8-13)20-16(22)10-25-17(23)12-4-3-7-18-9-12/h3-9H,10H2,1-2H3,(H,19,21)(H,20,22). The fourth-order valence-electron chi connectivity index (χ4n) is 1.97. The SMILES string of the molecule is COc1ccc(NC(C)=O)cc1NC(=O)COC(=O)c1cccnc1. The van der Waals surface area contributed by atoms with Crippen LogP contribution in [0.4, 0.5) is 11.4 Å². The fraction of sp³-hybridized carbons (Fsp3) is 0.176. The minimum Gasteiger partial charge on any atom is -0.495 e. The van der Waals surface area contributed by atoms with Crippen molar-refractivity contribution in [1.29, 1.82) is 0 Å². The summed E-state index contributed by atoms with van der Waals surface area (Å²) in [6.45, 7) is 0.904. The molecule has 0 atom stereocenters. The molecular formula is C17H17N3O5. The second-order valence-corrected chi connectivity index (χ2v) is 4.96. The van der Waals surface area contributed by atoms with E-state index < -0.39 is 18.5 Å². The maximum atomic E-state index is 12.0. The first kappa shape index (κ1) is 17.9. The molecule has 0 bridgehead atoms. The number of aromatic nitrogens is 1. The van der Waals surface area contributed by atoms with Crippen molar-refractivity contribution in [2.75, 3.05) is 24.4 Å². The summed E-state index contributed by atoms with van der Waals surface area (Å²) in [6.07, 6.45) is 2.87. The number of methoxy groups -OCH3 is 1. The van der Waals surface area contributed by atoms with Crippen molar-refractivity contribution in [3.8, 4) is 5.75 Å². The Hall–Kier alpha value is -3.42. The lowest BCUT2D eigenvalue weighted by atomic mass is 10.2. The fourth-order valence-corrected chi connectivity index (χ4v) is 1.97. The van der Waals surface area contributed by atoms with Crippen LogP contribution in [-0.4, -0.2) is 36.5 Å². The first-order chi connectivity index (χ1) is 12.0. The molecule has 8 nitrogen and oxygen atoms in total. The van der Waals surface area contributed by atoms with E-state index in [1.54, 1.807) is 24.3 Å². The summed E-state index contributed by atoms with van der Waals surface area (Å²) in [5, 5.41) is 5.18. The lowest BCUT2D eigenvalue weighted by Gasteiger charge is -2.12. The van der Waals surface area contributed by atoms with E-state index in [2.05, 4.69) is 15.6 Å². The molecule has 1 heterocycles. The van der Waals surface area contributed by atoms with Crippen LogP contribution in [0.15, 0.2) is 42.7 Å². The highest BCUT2D eigenvalue weighted by molar-refractivity contribution is 5.97. The van der Waals surface area contributed by atoms with Crippen LogP contribution in [0.25, 0.3) is 0 Å². The van der Waals surface area contributed by atoms with Gasteiger partial charge >= 0.3 is 5.97 Å². The third-order valence-corrected chi connectivity index (χ3v) is 3.03. The molecule has 25 heavy (non-hydrogen) atoms. The van der Waals surface area contributed by atoms with Gasteiger partial charge in [0, 0.05) is 25.0 Å². The zero-order valence-electron chi connectivity index (χ0n) is 13.7. The Labute approximate surface area is 144 Å². The average molecular weight is 343 g/mol. The molecule has 0 radical (unpaired) electrons. The van der Waals surface area contributed by atoms with Crippen molar-refractivity contribution in [3.63, 3.8) is 0 Å². The van der Waals surface area contributed by atoms with Crippen LogP contribution in [0.2, 0.25) is 0 Å². The van der Waals surface area contributed by atoms with Gasteiger partial charge in [0.15, 0.2) is 6.61 Å². The first-order valence-electron chi connectivity index (χ1n) is 7.32. The number of nitrogens with one attached hydrogen (secondary N) is 2. The van der Waals surface area contributed by atoms with Crippen LogP contribution in [0.3, 0.4) is 0 Å². The van der Waals surface area contributed by atoms with E-state index in [1.807, 2.05) is 0 Å². The van der Waals surface area contributed by atoms with Crippen molar-refractivity contribution in [2.45, 2.75) is 6.92 Å². The van der Waals surface area contributed by atoms with Gasteiger partial charge in [-0.15, -0.1) is 0 Å². The van der Waals surface area contributed by atoms with Crippen LogP contribution in [0.5, 0.6) is 5.75 Å². The highest BCUT2D eigenvalue weighted by Gasteiger charge is 2.13. The molecule has 8 heteroatoms. The molecule has 0 fully saturated rings. The monoisotopic (exact) mass is 343 g/mol. The molecule has 1 aromatic carbocycles. The lowest BCUT2D eigenvalue weighted by molar-refractivity contribution is -0.119. The summed E-state index contributed by atoms with van der Waals surface area (Å²) >= 11 is 0. The van der Waals surface area contributed by atoms with E-state index in [0.29, 0.717) is 17.1 Å². The third kappa shape index (κ3) is 5.31. The Morgan fingerprint density at radius 1 is 1.16 bits per heavy atom. The number of amides is 2. The highest BCUT2D eigenvalue weighted by Crippen LogP contribution is 2.27. The largest absolute Gasteiger partial charge is 0.495 e. The zero-order valence-corrected chi connectivity index (χ0v) is 13.7. The van der Waals surface area contributed by atoms with Crippen LogP contribution in [0.1, 0.15) is 17.3 Å². The second kappa shape index (κ2) is 8.44. The van der Waals surface area contributed by atoms with Crippen LogP contribution in [0, 0.1) is 0 Å². The Balaban J connectivity index is 1.99. The maximum Gasteiger partial charge on any atom is 0.340 e. The molecule has 0 spiro atoms. The van der Waals surface area contributed by atoms with E-state index in [1.165, 1.54) is 32.5 Å². The first-order valence-corrected chi connectivity index (χ1v) is 7.32. The molecular weight excluding hydrogens is 326 g/mol. The van der Waals surface area contributed by atoms with Gasteiger partial charge in [-0.2, -0.15) is 0 Å². The Kier molecular flexibility index (Phi) is 6.05. The number of carbonyl (C=O) groups is 3. The van der Waals surface area contributed by atoms with E-state index in [9.17, 15) is 14.4 Å². The van der Waals surface area contributed by atoms with Crippen LogP contribution >= 0.6 is 0 Å². The van der Waals surface area contributed by atoms with Gasteiger partial charge < -0.3 is 20.1 Å². The Morgan fingerprint density at radius 3 is 2.60 bits per heavy atom. The van der Waals surface area contributed by atoms with Gasteiger partial charge in [0.25, 0.3) is 5.91 Å². The summed E-state index contributed by atoms with van der Waals surface area (Å²) in [7, 11) is 1.45.